The number of aromatic nitrogens is 2. The monoisotopic (exact) mass is 231 g/mol. The second-order valence-corrected chi connectivity index (χ2v) is 3.53. The number of nitrogen functional groups attached to an aromatic ring is 1. The van der Waals surface area contributed by atoms with Crippen molar-refractivity contribution in [3.63, 3.8) is 0 Å². The van der Waals surface area contributed by atoms with Crippen LogP contribution in [0.4, 0.5) is 5.69 Å². The fourth-order valence-corrected chi connectivity index (χ4v) is 1.41. The first kappa shape index (κ1) is 11.2. The van der Waals surface area contributed by atoms with Gasteiger partial charge in [0.05, 0.1) is 12.1 Å². The van der Waals surface area contributed by atoms with Gasteiger partial charge in [-0.05, 0) is 24.3 Å². The van der Waals surface area contributed by atoms with Crippen molar-refractivity contribution in [2.45, 2.75) is 6.54 Å². The van der Waals surface area contributed by atoms with Gasteiger partial charge in [-0.15, -0.1) is 0 Å². The second-order valence-electron chi connectivity index (χ2n) is 3.53. The lowest BCUT2D eigenvalue weighted by Crippen LogP contribution is -2.12. The number of nitrogens with zero attached hydrogens (tertiary/aromatic N) is 2. The Morgan fingerprint density at radius 1 is 1.41 bits per heavy atom. The van der Waals surface area contributed by atoms with Crippen LogP contribution in [-0.2, 0) is 11.3 Å². The van der Waals surface area contributed by atoms with Crippen LogP contribution >= 0.6 is 0 Å². The summed E-state index contributed by atoms with van der Waals surface area (Å²) in [4.78, 5) is 11.6. The zero-order valence-corrected chi connectivity index (χ0v) is 9.24. The summed E-state index contributed by atoms with van der Waals surface area (Å²) in [6.07, 6.45) is 3.49. The van der Waals surface area contributed by atoms with Gasteiger partial charge >= 0.3 is 5.97 Å². The molecule has 5 heteroatoms. The molecule has 2 aromatic rings. The molecule has 0 saturated carbocycles. The third kappa shape index (κ3) is 3.07. The SMILES string of the molecule is Nc1cccc(C(=O)OCCn2cccn2)c1. The number of hydrogen-bond donors (Lipinski definition) is 1. The first-order chi connectivity index (χ1) is 8.25. The molecular weight excluding hydrogens is 218 g/mol. The van der Waals surface area contributed by atoms with Gasteiger partial charge in [0.15, 0.2) is 0 Å². The van der Waals surface area contributed by atoms with Crippen molar-refractivity contribution >= 4 is 11.7 Å². The second kappa shape index (κ2) is 5.16. The molecule has 0 aliphatic rings. The van der Waals surface area contributed by atoms with Crippen LogP contribution in [0.3, 0.4) is 0 Å². The summed E-state index contributed by atoms with van der Waals surface area (Å²) < 4.78 is 6.80. The van der Waals surface area contributed by atoms with E-state index >= 15 is 0 Å². The predicted octanol–water partition coefficient (Wildman–Crippen LogP) is 1.32. The lowest BCUT2D eigenvalue weighted by atomic mass is 10.2. The molecule has 0 spiro atoms. The van der Waals surface area contributed by atoms with Gasteiger partial charge in [0.25, 0.3) is 0 Å². The van der Waals surface area contributed by atoms with E-state index in [-0.39, 0.29) is 12.6 Å². The van der Waals surface area contributed by atoms with Gasteiger partial charge < -0.3 is 10.5 Å². The number of carbonyl (C=O) groups excluding carboxylic acids is 1. The number of nitrogens with two attached hydrogens (primary N) is 1. The van der Waals surface area contributed by atoms with Crippen LogP contribution in [0.25, 0.3) is 0 Å². The van der Waals surface area contributed by atoms with Crippen LogP contribution in [0.2, 0.25) is 0 Å². The molecule has 0 aliphatic heterocycles. The molecular formula is C12H13N3O2. The van der Waals surface area contributed by atoms with Crippen molar-refractivity contribution in [2.75, 3.05) is 12.3 Å². The van der Waals surface area contributed by atoms with Gasteiger partial charge in [-0.3, -0.25) is 4.68 Å². The quantitative estimate of drug-likeness (QED) is 0.636. The zero-order chi connectivity index (χ0) is 12.1. The molecule has 2 rings (SSSR count). The highest BCUT2D eigenvalue weighted by molar-refractivity contribution is 5.90. The van der Waals surface area contributed by atoms with E-state index in [4.69, 9.17) is 10.5 Å². The Kier molecular flexibility index (Phi) is 3.40. The molecule has 0 aliphatic carbocycles. The summed E-state index contributed by atoms with van der Waals surface area (Å²) in [5.74, 6) is -0.371. The number of ether oxygens (including phenoxy) is 1. The number of carbonyl (C=O) groups is 1. The maximum atomic E-state index is 11.6. The third-order valence-corrected chi connectivity index (χ3v) is 2.24. The molecule has 0 unspecified atom stereocenters. The van der Waals surface area contributed by atoms with Gasteiger partial charge in [0.2, 0.25) is 0 Å². The van der Waals surface area contributed by atoms with Gasteiger partial charge in [-0.25, -0.2) is 4.79 Å². The van der Waals surface area contributed by atoms with E-state index < -0.39 is 0 Å². The average Bonchev–Trinajstić information content (AvgIpc) is 2.82. The highest BCUT2D eigenvalue weighted by Gasteiger charge is 2.06. The summed E-state index contributed by atoms with van der Waals surface area (Å²) >= 11 is 0. The molecule has 88 valence electrons. The molecule has 0 amide bonds. The van der Waals surface area contributed by atoms with Crippen molar-refractivity contribution in [3.8, 4) is 0 Å². The number of esters is 1. The topological polar surface area (TPSA) is 70.1 Å². The van der Waals surface area contributed by atoms with Gasteiger partial charge in [-0.1, -0.05) is 6.07 Å². The van der Waals surface area contributed by atoms with E-state index in [0.29, 0.717) is 17.8 Å². The highest BCUT2D eigenvalue weighted by atomic mass is 16.5. The Balaban J connectivity index is 1.85. The maximum Gasteiger partial charge on any atom is 0.338 e. The van der Waals surface area contributed by atoms with Crippen LogP contribution in [0, 0.1) is 0 Å². The van der Waals surface area contributed by atoms with Crippen molar-refractivity contribution in [2.24, 2.45) is 0 Å². The lowest BCUT2D eigenvalue weighted by molar-refractivity contribution is 0.0488. The summed E-state index contributed by atoms with van der Waals surface area (Å²) in [6, 6.07) is 8.53. The van der Waals surface area contributed by atoms with Gasteiger partial charge in [-0.2, -0.15) is 5.10 Å². The summed E-state index contributed by atoms with van der Waals surface area (Å²) in [5, 5.41) is 4.01. The van der Waals surface area contributed by atoms with Crippen molar-refractivity contribution < 1.29 is 9.53 Å². The molecule has 2 N–H and O–H groups in total. The fraction of sp³-hybridized carbons (Fsp3) is 0.167. The Morgan fingerprint density at radius 2 is 2.29 bits per heavy atom. The normalized spacial score (nSPS) is 10.1. The van der Waals surface area contributed by atoms with E-state index in [0.717, 1.165) is 0 Å². The third-order valence-electron chi connectivity index (χ3n) is 2.24. The molecule has 17 heavy (non-hydrogen) atoms. The summed E-state index contributed by atoms with van der Waals surface area (Å²) in [5.41, 5.74) is 6.59. The maximum absolute atomic E-state index is 11.6. The zero-order valence-electron chi connectivity index (χ0n) is 9.24. The molecule has 0 saturated heterocycles. The largest absolute Gasteiger partial charge is 0.460 e. The fourth-order valence-electron chi connectivity index (χ4n) is 1.41. The number of rotatable bonds is 4. The summed E-state index contributed by atoms with van der Waals surface area (Å²) in [7, 11) is 0. The van der Waals surface area contributed by atoms with E-state index in [1.165, 1.54) is 0 Å². The van der Waals surface area contributed by atoms with Crippen LogP contribution in [-0.4, -0.2) is 22.4 Å². The Bertz CT molecular complexity index is 494. The Labute approximate surface area is 98.8 Å². The van der Waals surface area contributed by atoms with Crippen LogP contribution < -0.4 is 5.73 Å². The average molecular weight is 231 g/mol. The van der Waals surface area contributed by atoms with E-state index in [1.807, 2.05) is 12.3 Å². The molecule has 1 aromatic heterocycles. The summed E-state index contributed by atoms with van der Waals surface area (Å²) in [6.45, 7) is 0.830. The molecule has 0 fully saturated rings. The van der Waals surface area contributed by atoms with E-state index in [2.05, 4.69) is 5.10 Å². The van der Waals surface area contributed by atoms with Crippen LogP contribution in [0.5, 0.6) is 0 Å². The molecule has 1 aromatic carbocycles. The minimum Gasteiger partial charge on any atom is -0.460 e. The molecule has 0 atom stereocenters. The van der Waals surface area contributed by atoms with E-state index in [1.54, 1.807) is 35.1 Å². The Hall–Kier alpha value is -2.30. The number of anilines is 1. The first-order valence-corrected chi connectivity index (χ1v) is 5.26. The van der Waals surface area contributed by atoms with Crippen LogP contribution in [0.15, 0.2) is 42.7 Å². The molecule has 1 heterocycles. The number of benzene rings is 1. The molecule has 0 radical (unpaired) electrons. The number of hydrogen-bond acceptors (Lipinski definition) is 4. The molecule has 0 bridgehead atoms. The standard InChI is InChI=1S/C12H13N3O2/c13-11-4-1-3-10(9-11)12(16)17-8-7-15-6-2-5-14-15/h1-6,9H,7-8,13H2. The minimum atomic E-state index is -0.371. The van der Waals surface area contributed by atoms with Crippen LogP contribution in [0.1, 0.15) is 10.4 Å². The smallest absolute Gasteiger partial charge is 0.338 e. The van der Waals surface area contributed by atoms with Crippen molar-refractivity contribution in [3.05, 3.63) is 48.3 Å². The van der Waals surface area contributed by atoms with E-state index in [9.17, 15) is 4.79 Å². The first-order valence-electron chi connectivity index (χ1n) is 5.26. The minimum absolute atomic E-state index is 0.287. The molecule has 5 nitrogen and oxygen atoms in total. The van der Waals surface area contributed by atoms with Crippen molar-refractivity contribution in [1.82, 2.24) is 9.78 Å². The lowest BCUT2D eigenvalue weighted by Gasteiger charge is -2.05. The predicted molar refractivity (Wildman–Crippen MR) is 63.4 cm³/mol. The van der Waals surface area contributed by atoms with Crippen molar-refractivity contribution in [1.29, 1.82) is 0 Å². The Morgan fingerprint density at radius 3 is 3.00 bits per heavy atom. The van der Waals surface area contributed by atoms with Gasteiger partial charge in [0.1, 0.15) is 6.61 Å². The van der Waals surface area contributed by atoms with Gasteiger partial charge in [0, 0.05) is 18.1 Å². The highest BCUT2D eigenvalue weighted by Crippen LogP contribution is 2.07.